The lowest BCUT2D eigenvalue weighted by Gasteiger charge is -2.38. The third kappa shape index (κ3) is 10.1. The highest BCUT2D eigenvalue weighted by atomic mass is 31.2. The first-order valence-electron chi connectivity index (χ1n) is 12.0. The lowest BCUT2D eigenvalue weighted by molar-refractivity contribution is -0.168. The summed E-state index contributed by atoms with van der Waals surface area (Å²) in [6, 6.07) is 15.9. The minimum absolute atomic E-state index is 0.0425. The smallest absolute Gasteiger partial charge is 0.339 e. The molecule has 0 aliphatic rings. The molecule has 4 N–H and O–H groups in total. The number of ether oxygens (including phenoxy) is 1. The van der Waals surface area contributed by atoms with Crippen LogP contribution in [0.4, 0.5) is 0 Å². The molecule has 1 amide bonds. The van der Waals surface area contributed by atoms with Gasteiger partial charge < -0.3 is 24.9 Å². The number of carboxylic acid groups (broad SMARTS) is 1. The van der Waals surface area contributed by atoms with E-state index in [2.05, 4.69) is 5.32 Å². The molecule has 37 heavy (non-hydrogen) atoms. The van der Waals surface area contributed by atoms with Crippen molar-refractivity contribution in [2.75, 3.05) is 12.8 Å². The summed E-state index contributed by atoms with van der Waals surface area (Å²) < 4.78 is 17.6. The summed E-state index contributed by atoms with van der Waals surface area (Å²) in [4.78, 5) is 57.3. The maximum atomic E-state index is 13.3. The molecule has 2 rings (SSSR count). The predicted molar refractivity (Wildman–Crippen MR) is 138 cm³/mol. The Morgan fingerprint density at radius 3 is 2.11 bits per heavy atom. The van der Waals surface area contributed by atoms with Crippen molar-refractivity contribution < 1.29 is 38.6 Å². The highest BCUT2D eigenvalue weighted by Gasteiger charge is 2.39. The number of nitrogens with one attached hydrogen (secondary N) is 1. The molecule has 0 aliphatic heterocycles. The average Bonchev–Trinajstić information content (AvgIpc) is 2.84. The van der Waals surface area contributed by atoms with E-state index < -0.39 is 49.9 Å². The number of rotatable bonds is 14. The lowest BCUT2D eigenvalue weighted by atomic mass is 9.99. The Hall–Kier alpha value is -3.04. The second-order valence-electron chi connectivity index (χ2n) is 9.02. The summed E-state index contributed by atoms with van der Waals surface area (Å²) in [7, 11) is -4.69. The largest absolute Gasteiger partial charge is 0.481 e. The molecule has 0 radical (unpaired) electrons. The number of hydrogen-bond donors (Lipinski definition) is 4. The van der Waals surface area contributed by atoms with Gasteiger partial charge in [0, 0.05) is 18.9 Å². The van der Waals surface area contributed by atoms with Gasteiger partial charge in [0.1, 0.15) is 6.29 Å². The number of esters is 1. The second-order valence-corrected chi connectivity index (χ2v) is 10.6. The van der Waals surface area contributed by atoms with Gasteiger partial charge in [0.2, 0.25) is 5.91 Å². The molecular formula is C26H35N2O8P. The first-order valence-corrected chi connectivity index (χ1v) is 13.8. The van der Waals surface area contributed by atoms with Crippen molar-refractivity contribution in [2.24, 2.45) is 5.92 Å². The van der Waals surface area contributed by atoms with Crippen LogP contribution in [0.2, 0.25) is 0 Å². The molecular weight excluding hydrogens is 499 g/mol. The predicted octanol–water partition coefficient (Wildman–Crippen LogP) is 3.23. The van der Waals surface area contributed by atoms with Crippen molar-refractivity contribution in [3.05, 3.63) is 60.2 Å². The lowest BCUT2D eigenvalue weighted by Crippen LogP contribution is -2.55. The van der Waals surface area contributed by atoms with Crippen molar-refractivity contribution in [2.45, 2.75) is 52.3 Å². The highest BCUT2D eigenvalue weighted by molar-refractivity contribution is 7.51. The molecule has 0 bridgehead atoms. The van der Waals surface area contributed by atoms with E-state index in [0.717, 1.165) is 11.1 Å². The van der Waals surface area contributed by atoms with E-state index >= 15 is 0 Å². The van der Waals surface area contributed by atoms with Crippen LogP contribution in [-0.2, 0) is 30.1 Å². The Labute approximate surface area is 216 Å². The standard InChI is InChI=1S/C26H35N2O8P/c1-4-24(31)36-26(18(2)3)28(17-37(33,34)35)22(25(32)27-15-14-23(29)30)16-19-10-12-21(13-11-19)20-8-6-5-7-9-20/h5-13,18,22,26H,4,14-17H2,1-3H3,(H,27,32)(H,29,30)(H2,33,34,35). The SMILES string of the molecule is CCC(=O)OC(C(C)C)N(CP(=O)(O)O)C(Cc1ccc(-c2ccccc2)cc1)C(=O)NCCC(=O)O. The van der Waals surface area contributed by atoms with E-state index in [1.165, 1.54) is 4.90 Å². The van der Waals surface area contributed by atoms with E-state index in [-0.39, 0.29) is 25.8 Å². The molecule has 2 aromatic rings. The van der Waals surface area contributed by atoms with Gasteiger partial charge in [0.15, 0.2) is 6.23 Å². The minimum atomic E-state index is -4.69. The van der Waals surface area contributed by atoms with Crippen LogP contribution < -0.4 is 5.32 Å². The zero-order valence-electron chi connectivity index (χ0n) is 21.2. The molecule has 202 valence electrons. The molecule has 2 aromatic carbocycles. The Bertz CT molecular complexity index is 1090. The van der Waals surface area contributed by atoms with E-state index in [4.69, 9.17) is 9.84 Å². The first-order chi connectivity index (χ1) is 17.4. The molecule has 0 aromatic heterocycles. The van der Waals surface area contributed by atoms with E-state index in [1.54, 1.807) is 20.8 Å². The van der Waals surface area contributed by atoms with Crippen molar-refractivity contribution >= 4 is 25.4 Å². The summed E-state index contributed by atoms with van der Waals surface area (Å²) in [6.07, 6.45) is -2.16. The van der Waals surface area contributed by atoms with Crippen molar-refractivity contribution in [1.29, 1.82) is 0 Å². The molecule has 2 unspecified atom stereocenters. The molecule has 0 heterocycles. The maximum Gasteiger partial charge on any atom is 0.339 e. The van der Waals surface area contributed by atoms with Gasteiger partial charge in [0.05, 0.1) is 12.5 Å². The van der Waals surface area contributed by atoms with Gasteiger partial charge in [-0.2, -0.15) is 0 Å². The maximum absolute atomic E-state index is 13.3. The Balaban J connectivity index is 2.45. The number of carbonyl (C=O) groups excluding carboxylic acids is 2. The number of nitrogens with zero attached hydrogens (tertiary/aromatic N) is 1. The van der Waals surface area contributed by atoms with Crippen LogP contribution in [0.15, 0.2) is 54.6 Å². The molecule has 0 aliphatic carbocycles. The second kappa shape index (κ2) is 14.0. The number of benzene rings is 2. The van der Waals surface area contributed by atoms with Crippen LogP contribution in [0.5, 0.6) is 0 Å². The summed E-state index contributed by atoms with van der Waals surface area (Å²) in [5, 5.41) is 11.5. The normalized spacial score (nSPS) is 13.3. The van der Waals surface area contributed by atoms with E-state index in [1.807, 2.05) is 54.6 Å². The topological polar surface area (TPSA) is 153 Å². The summed E-state index contributed by atoms with van der Waals surface area (Å²) >= 11 is 0. The van der Waals surface area contributed by atoms with Crippen LogP contribution in [0.1, 0.15) is 39.2 Å². The number of aliphatic carboxylic acids is 1. The number of carbonyl (C=O) groups is 3. The van der Waals surface area contributed by atoms with Gasteiger partial charge in [-0.25, -0.2) is 4.90 Å². The number of amides is 1. The van der Waals surface area contributed by atoms with Crippen LogP contribution in [0, 0.1) is 5.92 Å². The van der Waals surface area contributed by atoms with Gasteiger partial charge in [0.25, 0.3) is 0 Å². The molecule has 0 saturated heterocycles. The summed E-state index contributed by atoms with van der Waals surface area (Å²) in [6.45, 7) is 4.86. The Kier molecular flexibility index (Phi) is 11.5. The summed E-state index contributed by atoms with van der Waals surface area (Å²) in [5.74, 6) is -2.71. The third-order valence-corrected chi connectivity index (χ3v) is 6.31. The molecule has 10 nitrogen and oxygen atoms in total. The Morgan fingerprint density at radius 1 is 1.00 bits per heavy atom. The number of hydrogen-bond acceptors (Lipinski definition) is 6. The van der Waals surface area contributed by atoms with Gasteiger partial charge in [-0.05, 0) is 23.1 Å². The zero-order valence-corrected chi connectivity index (χ0v) is 22.1. The van der Waals surface area contributed by atoms with Crippen LogP contribution in [0.3, 0.4) is 0 Å². The van der Waals surface area contributed by atoms with E-state index in [0.29, 0.717) is 5.56 Å². The van der Waals surface area contributed by atoms with Crippen molar-refractivity contribution in [3.8, 4) is 11.1 Å². The highest BCUT2D eigenvalue weighted by Crippen LogP contribution is 2.38. The Morgan fingerprint density at radius 2 is 1.59 bits per heavy atom. The molecule has 0 saturated carbocycles. The molecule has 0 fully saturated rings. The van der Waals surface area contributed by atoms with Crippen LogP contribution in [-0.4, -0.2) is 62.7 Å². The van der Waals surface area contributed by atoms with Crippen LogP contribution >= 0.6 is 7.60 Å². The minimum Gasteiger partial charge on any atom is -0.481 e. The first kappa shape index (κ1) is 30.2. The van der Waals surface area contributed by atoms with Crippen LogP contribution in [0.25, 0.3) is 11.1 Å². The fourth-order valence-corrected chi connectivity index (χ4v) is 4.62. The monoisotopic (exact) mass is 534 g/mol. The third-order valence-electron chi connectivity index (χ3n) is 5.62. The van der Waals surface area contributed by atoms with Gasteiger partial charge in [-0.3, -0.25) is 18.9 Å². The number of carboxylic acids is 1. The fourth-order valence-electron chi connectivity index (χ4n) is 3.83. The summed E-state index contributed by atoms with van der Waals surface area (Å²) in [5.41, 5.74) is 2.67. The zero-order chi connectivity index (χ0) is 27.6. The molecule has 0 spiro atoms. The quantitative estimate of drug-likeness (QED) is 0.162. The van der Waals surface area contributed by atoms with Gasteiger partial charge in [-0.15, -0.1) is 0 Å². The molecule has 2 atom stereocenters. The van der Waals surface area contributed by atoms with Crippen molar-refractivity contribution in [3.63, 3.8) is 0 Å². The van der Waals surface area contributed by atoms with E-state index in [9.17, 15) is 28.7 Å². The van der Waals surface area contributed by atoms with Gasteiger partial charge >= 0.3 is 19.5 Å². The average molecular weight is 535 g/mol. The fraction of sp³-hybridized carbons (Fsp3) is 0.423. The molecule has 11 heteroatoms. The van der Waals surface area contributed by atoms with Gasteiger partial charge in [-0.1, -0.05) is 75.4 Å². The van der Waals surface area contributed by atoms with Crippen molar-refractivity contribution in [1.82, 2.24) is 10.2 Å².